The third-order valence-electron chi connectivity index (χ3n) is 3.80. The maximum atomic E-state index is 11.7. The van der Waals surface area contributed by atoms with Crippen molar-refractivity contribution < 1.29 is 13.6 Å². The second-order valence-electron chi connectivity index (χ2n) is 4.49. The van der Waals surface area contributed by atoms with Gasteiger partial charge in [-0.2, -0.15) is 0 Å². The molecule has 2 atom stereocenters. The lowest BCUT2D eigenvalue weighted by Crippen LogP contribution is -2.28. The average Bonchev–Trinajstić information content (AvgIpc) is 2.23. The van der Waals surface area contributed by atoms with Gasteiger partial charge in [0.2, 0.25) is 0 Å². The lowest BCUT2D eigenvalue weighted by atomic mass is 9.78. The Kier molecular flexibility index (Phi) is 3.62. The summed E-state index contributed by atoms with van der Waals surface area (Å²) < 4.78 is 23.4. The van der Waals surface area contributed by atoms with Crippen LogP contribution in [0.5, 0.6) is 0 Å². The van der Waals surface area contributed by atoms with E-state index in [4.69, 9.17) is 5.21 Å². The predicted molar refractivity (Wildman–Crippen MR) is 63.2 cm³/mol. The highest BCUT2D eigenvalue weighted by molar-refractivity contribution is 7.93. The first-order chi connectivity index (χ1) is 7.24. The number of nitrogens with one attached hydrogen (secondary N) is 1. The SMILES string of the molecule is CC1=C(C)C(C)C(C)C(C)=C1S(=O)(=O)NO. The molecule has 0 bridgehead atoms. The summed E-state index contributed by atoms with van der Waals surface area (Å²) in [5.41, 5.74) is 2.61. The molecule has 92 valence electrons. The van der Waals surface area contributed by atoms with Gasteiger partial charge in [-0.1, -0.05) is 24.3 Å². The van der Waals surface area contributed by atoms with E-state index in [0.29, 0.717) is 5.92 Å². The summed E-state index contributed by atoms with van der Waals surface area (Å²) in [5, 5.41) is 8.73. The van der Waals surface area contributed by atoms with Crippen molar-refractivity contribution >= 4 is 10.0 Å². The summed E-state index contributed by atoms with van der Waals surface area (Å²) in [6, 6.07) is 0. The molecule has 0 heterocycles. The number of hydrogen-bond donors (Lipinski definition) is 2. The first-order valence-corrected chi connectivity index (χ1v) is 6.76. The minimum Gasteiger partial charge on any atom is -0.302 e. The second-order valence-corrected chi connectivity index (χ2v) is 6.09. The first kappa shape index (κ1) is 13.4. The van der Waals surface area contributed by atoms with E-state index in [-0.39, 0.29) is 10.8 Å². The normalized spacial score (nSPS) is 27.6. The number of allylic oxidation sites excluding steroid dienone is 3. The van der Waals surface area contributed by atoms with Crippen LogP contribution in [0.15, 0.2) is 21.6 Å². The molecule has 5 heteroatoms. The van der Waals surface area contributed by atoms with E-state index in [1.165, 1.54) is 4.89 Å². The van der Waals surface area contributed by atoms with E-state index in [1.807, 2.05) is 13.8 Å². The van der Waals surface area contributed by atoms with Crippen molar-refractivity contribution in [2.45, 2.75) is 34.6 Å². The van der Waals surface area contributed by atoms with Crippen LogP contribution in [0.4, 0.5) is 0 Å². The summed E-state index contributed by atoms with van der Waals surface area (Å²) in [7, 11) is -3.78. The summed E-state index contributed by atoms with van der Waals surface area (Å²) in [4.78, 5) is 1.64. The second kappa shape index (κ2) is 4.31. The zero-order chi connectivity index (χ0) is 12.7. The van der Waals surface area contributed by atoms with Gasteiger partial charge in [-0.15, -0.1) is 0 Å². The third kappa shape index (κ3) is 1.95. The molecule has 4 nitrogen and oxygen atoms in total. The van der Waals surface area contributed by atoms with Crippen LogP contribution in [0, 0.1) is 11.8 Å². The van der Waals surface area contributed by atoms with Crippen molar-refractivity contribution in [1.29, 1.82) is 0 Å². The zero-order valence-electron chi connectivity index (χ0n) is 10.3. The molecule has 0 aromatic rings. The Morgan fingerprint density at radius 2 is 1.50 bits per heavy atom. The van der Waals surface area contributed by atoms with Crippen LogP contribution in [0.25, 0.3) is 0 Å². The van der Waals surface area contributed by atoms with Gasteiger partial charge in [0.25, 0.3) is 10.0 Å². The van der Waals surface area contributed by atoms with Crippen molar-refractivity contribution in [1.82, 2.24) is 4.89 Å². The standard InChI is InChI=1S/C11H19NO3S/c1-6-7(2)9(4)11(10(5)8(6)3)16(14,15)12-13/h6-7,12-13H,1-5H3. The van der Waals surface area contributed by atoms with Crippen LogP contribution < -0.4 is 4.89 Å². The number of rotatable bonds is 2. The number of hydrogen-bond acceptors (Lipinski definition) is 3. The van der Waals surface area contributed by atoms with E-state index in [1.54, 1.807) is 13.8 Å². The Morgan fingerprint density at radius 1 is 1.06 bits per heavy atom. The van der Waals surface area contributed by atoms with Gasteiger partial charge < -0.3 is 5.21 Å². The third-order valence-corrected chi connectivity index (χ3v) is 5.20. The molecule has 1 aliphatic carbocycles. The van der Waals surface area contributed by atoms with E-state index < -0.39 is 10.0 Å². The van der Waals surface area contributed by atoms with E-state index >= 15 is 0 Å². The highest BCUT2D eigenvalue weighted by Crippen LogP contribution is 2.39. The highest BCUT2D eigenvalue weighted by atomic mass is 32.2. The molecule has 0 spiro atoms. The zero-order valence-corrected chi connectivity index (χ0v) is 11.1. The van der Waals surface area contributed by atoms with Crippen LogP contribution in [0.3, 0.4) is 0 Å². The lowest BCUT2D eigenvalue weighted by molar-refractivity contribution is 0.244. The Bertz CT molecular complexity index is 460. The fraction of sp³-hybridized carbons (Fsp3) is 0.636. The summed E-state index contributed by atoms with van der Waals surface area (Å²) in [6.07, 6.45) is 0. The molecule has 0 aromatic heterocycles. The summed E-state index contributed by atoms with van der Waals surface area (Å²) in [6.45, 7) is 9.62. The molecule has 0 aliphatic heterocycles. The summed E-state index contributed by atoms with van der Waals surface area (Å²) in [5.74, 6) is 0.500. The molecule has 0 amide bonds. The van der Waals surface area contributed by atoms with Gasteiger partial charge in [-0.25, -0.2) is 8.42 Å². The van der Waals surface area contributed by atoms with Crippen molar-refractivity contribution in [3.8, 4) is 0 Å². The maximum Gasteiger partial charge on any atom is 0.262 e. The van der Waals surface area contributed by atoms with Crippen LogP contribution in [-0.4, -0.2) is 13.6 Å². The molecule has 0 radical (unpaired) electrons. The fourth-order valence-corrected chi connectivity index (χ4v) is 3.50. The summed E-state index contributed by atoms with van der Waals surface area (Å²) >= 11 is 0. The van der Waals surface area contributed by atoms with Gasteiger partial charge in [-0.05, 0) is 43.8 Å². The van der Waals surface area contributed by atoms with Gasteiger partial charge >= 0.3 is 0 Å². The lowest BCUT2D eigenvalue weighted by Gasteiger charge is -2.31. The van der Waals surface area contributed by atoms with Crippen molar-refractivity contribution in [2.24, 2.45) is 11.8 Å². The van der Waals surface area contributed by atoms with Gasteiger partial charge in [0, 0.05) is 0 Å². The maximum absolute atomic E-state index is 11.7. The van der Waals surface area contributed by atoms with E-state index in [2.05, 4.69) is 6.92 Å². The Hall–Kier alpha value is -0.650. The molecule has 2 N–H and O–H groups in total. The molecule has 16 heavy (non-hydrogen) atoms. The largest absolute Gasteiger partial charge is 0.302 e. The molecule has 2 unspecified atom stereocenters. The fourth-order valence-electron chi connectivity index (χ4n) is 2.23. The van der Waals surface area contributed by atoms with E-state index in [9.17, 15) is 8.42 Å². The van der Waals surface area contributed by atoms with Crippen molar-refractivity contribution in [2.75, 3.05) is 0 Å². The van der Waals surface area contributed by atoms with Crippen LogP contribution in [-0.2, 0) is 10.0 Å². The van der Waals surface area contributed by atoms with Gasteiger partial charge in [-0.3, -0.25) is 0 Å². The van der Waals surface area contributed by atoms with Crippen molar-refractivity contribution in [3.05, 3.63) is 21.6 Å². The molecule has 1 rings (SSSR count). The molecular formula is C11H19NO3S. The number of sulfonamides is 1. The Balaban J connectivity index is 3.49. The monoisotopic (exact) mass is 245 g/mol. The quantitative estimate of drug-likeness (QED) is 0.733. The first-order valence-electron chi connectivity index (χ1n) is 5.28. The van der Waals surface area contributed by atoms with Crippen LogP contribution in [0.2, 0.25) is 0 Å². The van der Waals surface area contributed by atoms with Gasteiger partial charge in [0.05, 0.1) is 4.91 Å². The van der Waals surface area contributed by atoms with Gasteiger partial charge in [0.1, 0.15) is 0 Å². The Labute approximate surface area is 97.1 Å². The smallest absolute Gasteiger partial charge is 0.262 e. The van der Waals surface area contributed by atoms with E-state index in [0.717, 1.165) is 16.7 Å². The van der Waals surface area contributed by atoms with Crippen LogP contribution >= 0.6 is 0 Å². The van der Waals surface area contributed by atoms with Gasteiger partial charge in [0.15, 0.2) is 0 Å². The Morgan fingerprint density at radius 3 is 1.94 bits per heavy atom. The molecule has 0 saturated carbocycles. The molecule has 0 fully saturated rings. The predicted octanol–water partition coefficient (Wildman–Crippen LogP) is 2.19. The molecule has 0 aromatic carbocycles. The minimum absolute atomic E-state index is 0.168. The molecule has 0 saturated heterocycles. The molecular weight excluding hydrogens is 226 g/mol. The topological polar surface area (TPSA) is 66.4 Å². The molecule has 1 aliphatic rings. The highest BCUT2D eigenvalue weighted by Gasteiger charge is 2.32. The average molecular weight is 245 g/mol. The van der Waals surface area contributed by atoms with Crippen LogP contribution in [0.1, 0.15) is 34.6 Å². The minimum atomic E-state index is -3.78. The van der Waals surface area contributed by atoms with Crippen molar-refractivity contribution in [3.63, 3.8) is 0 Å².